The van der Waals surface area contributed by atoms with Gasteiger partial charge in [-0.25, -0.2) is 24.6 Å². The van der Waals surface area contributed by atoms with E-state index in [1.165, 1.54) is 0 Å². The molecule has 1 atom stereocenters. The summed E-state index contributed by atoms with van der Waals surface area (Å²) >= 11 is 6.52. The van der Waals surface area contributed by atoms with E-state index < -0.39 is 42.1 Å². The number of imidazole rings is 1. The van der Waals surface area contributed by atoms with Crippen molar-refractivity contribution < 1.29 is 54.3 Å². The molecule has 0 aliphatic heterocycles. The zero-order chi connectivity index (χ0) is 36.6. The molecule has 0 spiro atoms. The molecule has 4 rings (SSSR count). The topological polar surface area (TPSA) is 252 Å². The van der Waals surface area contributed by atoms with Gasteiger partial charge in [0.25, 0.3) is 0 Å². The summed E-state index contributed by atoms with van der Waals surface area (Å²) in [6.45, 7) is 0.573. The number of carbonyl (C=O) groups excluding carboxylic acids is 2. The van der Waals surface area contributed by atoms with E-state index in [0.29, 0.717) is 24.5 Å². The minimum atomic E-state index is -1.17. The maximum Gasteiger partial charge on any atom is 0.408 e. The second-order valence-corrected chi connectivity index (χ2v) is 11.1. The molecule has 6 N–H and O–H groups in total. The first-order chi connectivity index (χ1) is 24.6. The number of unbranched alkanes of at least 4 members (excludes halogenated alkanes) is 1. The molecule has 21 heteroatoms. The smallest absolute Gasteiger partial charge is 0.408 e. The maximum absolute atomic E-state index is 12.5. The number of aromatic amines is 1. The number of nitrogens with one attached hydrogen (secondary N) is 2. The van der Waals surface area contributed by atoms with Crippen molar-refractivity contribution in [1.29, 1.82) is 0 Å². The van der Waals surface area contributed by atoms with Crippen LogP contribution in [0.25, 0.3) is 22.5 Å². The van der Waals surface area contributed by atoms with E-state index >= 15 is 0 Å². The van der Waals surface area contributed by atoms with E-state index in [1.807, 2.05) is 53.1 Å². The molecule has 0 aliphatic rings. The Morgan fingerprint density at radius 2 is 1.76 bits per heavy atom. The fourth-order valence-corrected chi connectivity index (χ4v) is 5.00. The highest BCUT2D eigenvalue weighted by Gasteiger charge is 2.19. The van der Waals surface area contributed by atoms with E-state index in [-0.39, 0.29) is 31.6 Å². The van der Waals surface area contributed by atoms with E-state index in [9.17, 15) is 9.59 Å². The number of aromatic nitrogens is 6. The summed E-state index contributed by atoms with van der Waals surface area (Å²) in [6, 6.07) is 15.8. The third-order valence-electron chi connectivity index (χ3n) is 7.12. The molecule has 2 aromatic heterocycles. The summed E-state index contributed by atoms with van der Waals surface area (Å²) in [6.07, 6.45) is 0.444. The van der Waals surface area contributed by atoms with Gasteiger partial charge in [0.05, 0.1) is 29.7 Å². The number of halogens is 1. The molecule has 0 aliphatic carbocycles. The van der Waals surface area contributed by atoms with Gasteiger partial charge >= 0.3 is 12.1 Å². The van der Waals surface area contributed by atoms with Gasteiger partial charge in [-0.15, -0.1) is 5.10 Å². The Morgan fingerprint density at radius 1 is 1.00 bits per heavy atom. The number of aryl methyl sites for hydroxylation is 1. The normalized spacial score (nSPS) is 12.0. The first kappa shape index (κ1) is 39.2. The Kier molecular flexibility index (Phi) is 15.6. The number of nitrogens with zero attached hydrogens (tertiary/aromatic N) is 7. The van der Waals surface area contributed by atoms with Crippen molar-refractivity contribution >= 4 is 23.7 Å². The minimum Gasteiger partial charge on any atom is -0.462 e. The van der Waals surface area contributed by atoms with Crippen LogP contribution in [0.5, 0.6) is 0 Å². The van der Waals surface area contributed by atoms with Crippen molar-refractivity contribution in [2.24, 2.45) is 0 Å². The highest BCUT2D eigenvalue weighted by Crippen LogP contribution is 2.30. The minimum absolute atomic E-state index is 0.145. The van der Waals surface area contributed by atoms with Gasteiger partial charge in [-0.3, -0.25) is 25.6 Å². The summed E-state index contributed by atoms with van der Waals surface area (Å²) in [5, 5.41) is 50.2. The number of hydrogen-bond acceptors (Lipinski definition) is 17. The number of ether oxygens (including phenoxy) is 3. The fraction of sp³-hybridized carbons (Fsp3) is 0.400. The van der Waals surface area contributed by atoms with Crippen LogP contribution in [-0.2, 0) is 48.3 Å². The second kappa shape index (κ2) is 20.3. The lowest BCUT2D eigenvalue weighted by Crippen LogP contribution is -2.35. The molecule has 51 heavy (non-hydrogen) atoms. The van der Waals surface area contributed by atoms with E-state index in [4.69, 9.17) is 46.6 Å². The lowest BCUT2D eigenvalue weighted by atomic mass is 9.98. The molecule has 2 aromatic carbocycles. The number of hydrogen-bond donors (Lipinski definition) is 6. The highest BCUT2D eigenvalue weighted by molar-refractivity contribution is 6.30. The van der Waals surface area contributed by atoms with Crippen molar-refractivity contribution in [2.75, 3.05) is 33.0 Å². The molecule has 0 saturated heterocycles. The van der Waals surface area contributed by atoms with Crippen molar-refractivity contribution in [3.05, 3.63) is 70.8 Å². The zero-order valence-electron chi connectivity index (χ0n) is 27.4. The Morgan fingerprint density at radius 3 is 2.45 bits per heavy atom. The van der Waals surface area contributed by atoms with E-state index in [1.54, 1.807) is 0 Å². The standard InChI is InChI=1S/C30H38ClN9O11/c1-2-3-8-26-33-28(31)25(19-49-30(42)32-15-27(41)48-14-13-47-17-22(51-40(45)46)18-50-39(43)44)38(26)16-20-9-11-21(12-10-20)23-6-4-5-7-24(23)29-34-36-37-35-29/h4-7,9-12,22,43-46H,2-3,8,13-19H2,1H3,(H,32,42)(H,34,35,36,37). The molecule has 1 amide bonds. The third kappa shape index (κ3) is 12.6. The average molecular weight is 736 g/mol. The van der Waals surface area contributed by atoms with Crippen LogP contribution in [0.3, 0.4) is 0 Å². The van der Waals surface area contributed by atoms with E-state index in [0.717, 1.165) is 40.9 Å². The molecule has 2 heterocycles. The largest absolute Gasteiger partial charge is 0.462 e. The van der Waals surface area contributed by atoms with Gasteiger partial charge in [-0.1, -0.05) is 73.5 Å². The molecule has 0 radical (unpaired) electrons. The van der Waals surface area contributed by atoms with Crippen LogP contribution in [0, 0.1) is 0 Å². The number of alkyl carbamates (subject to hydrolysis) is 1. The van der Waals surface area contributed by atoms with Crippen LogP contribution < -0.4 is 5.32 Å². The van der Waals surface area contributed by atoms with Crippen LogP contribution in [0.2, 0.25) is 5.15 Å². The van der Waals surface area contributed by atoms with Crippen molar-refractivity contribution in [1.82, 2.24) is 46.3 Å². The van der Waals surface area contributed by atoms with E-state index in [2.05, 4.69) is 47.5 Å². The summed E-state index contributed by atoms with van der Waals surface area (Å²) in [4.78, 5) is 37.9. The second-order valence-electron chi connectivity index (χ2n) is 10.7. The molecular formula is C30H38ClN9O11. The number of benzene rings is 2. The number of H-pyrrole nitrogens is 1. The summed E-state index contributed by atoms with van der Waals surface area (Å²) in [5.74, 6) is 0.524. The average Bonchev–Trinajstić information content (AvgIpc) is 3.75. The number of amides is 1. The molecule has 20 nitrogen and oxygen atoms in total. The summed E-state index contributed by atoms with van der Waals surface area (Å²) in [7, 11) is 0. The third-order valence-corrected chi connectivity index (χ3v) is 7.42. The number of carbonyl (C=O) groups is 2. The van der Waals surface area contributed by atoms with Gasteiger partial charge in [-0.2, -0.15) is 0 Å². The van der Waals surface area contributed by atoms with Gasteiger partial charge in [0.15, 0.2) is 11.0 Å². The van der Waals surface area contributed by atoms with Gasteiger partial charge < -0.3 is 24.1 Å². The fourth-order valence-electron chi connectivity index (χ4n) is 4.74. The van der Waals surface area contributed by atoms with Gasteiger partial charge in [0.2, 0.25) is 0 Å². The molecule has 4 aromatic rings. The molecule has 0 saturated carbocycles. The Hall–Kier alpha value is -4.61. The lowest BCUT2D eigenvalue weighted by Gasteiger charge is -2.19. The predicted molar refractivity (Wildman–Crippen MR) is 172 cm³/mol. The summed E-state index contributed by atoms with van der Waals surface area (Å²) < 4.78 is 17.4. The number of rotatable bonds is 21. The predicted octanol–water partition coefficient (Wildman–Crippen LogP) is 2.95. The monoisotopic (exact) mass is 735 g/mol. The van der Waals surface area contributed by atoms with Crippen LogP contribution in [0.1, 0.15) is 36.8 Å². The van der Waals surface area contributed by atoms with Crippen LogP contribution in [0.15, 0.2) is 48.5 Å². The summed E-state index contributed by atoms with van der Waals surface area (Å²) in [5.41, 5.74) is 4.24. The number of esters is 1. The molecular weight excluding hydrogens is 698 g/mol. The van der Waals surface area contributed by atoms with Gasteiger partial charge in [-0.05, 0) is 33.5 Å². The van der Waals surface area contributed by atoms with Crippen molar-refractivity contribution in [3.63, 3.8) is 0 Å². The van der Waals surface area contributed by atoms with Crippen LogP contribution in [-0.4, -0.2) is 113 Å². The Balaban J connectivity index is 1.28. The van der Waals surface area contributed by atoms with Crippen LogP contribution >= 0.6 is 11.6 Å². The molecule has 0 bridgehead atoms. The molecule has 0 fully saturated rings. The van der Waals surface area contributed by atoms with Crippen molar-refractivity contribution in [2.45, 2.75) is 45.4 Å². The first-order valence-corrected chi connectivity index (χ1v) is 16.0. The highest BCUT2D eigenvalue weighted by atomic mass is 35.5. The molecule has 1 unspecified atom stereocenters. The quantitative estimate of drug-likeness (QED) is 0.0409. The van der Waals surface area contributed by atoms with Gasteiger partial charge in [0, 0.05) is 18.5 Å². The van der Waals surface area contributed by atoms with Gasteiger partial charge in [0.1, 0.15) is 38.3 Å². The lowest BCUT2D eigenvalue weighted by molar-refractivity contribution is -0.528. The zero-order valence-corrected chi connectivity index (χ0v) is 28.2. The Bertz CT molecular complexity index is 1660. The molecule has 276 valence electrons. The number of tetrazole rings is 1. The first-order valence-electron chi connectivity index (χ1n) is 15.6. The van der Waals surface area contributed by atoms with Crippen LogP contribution in [0.4, 0.5) is 4.79 Å². The maximum atomic E-state index is 12.5. The van der Waals surface area contributed by atoms with Crippen molar-refractivity contribution in [3.8, 4) is 22.5 Å². The SMILES string of the molecule is CCCCc1nc(Cl)c(COC(=O)NCC(=O)OCCOCC(CON(O)O)ON(O)O)n1Cc1ccc(-c2ccccc2-c2nnn[nH]2)cc1. The Labute approximate surface area is 295 Å².